The van der Waals surface area contributed by atoms with Gasteiger partial charge in [-0.15, -0.1) is 21.5 Å². The Balaban J connectivity index is 1.72. The topological polar surface area (TPSA) is 64.3 Å². The van der Waals surface area contributed by atoms with E-state index in [1.807, 2.05) is 35.7 Å². The Labute approximate surface area is 170 Å². The van der Waals surface area contributed by atoms with Crippen molar-refractivity contribution in [3.8, 4) is 16.5 Å². The van der Waals surface area contributed by atoms with E-state index in [0.717, 1.165) is 21.3 Å². The maximum Gasteiger partial charge on any atom is 0.188 e. The smallest absolute Gasteiger partial charge is 0.188 e. The molecule has 0 aliphatic heterocycles. The third-order valence-corrected chi connectivity index (χ3v) is 5.28. The zero-order valence-electron chi connectivity index (χ0n) is 14.8. The zero-order chi connectivity index (χ0) is 19.5. The van der Waals surface area contributed by atoms with Crippen molar-refractivity contribution in [2.45, 2.75) is 6.54 Å². The van der Waals surface area contributed by atoms with Gasteiger partial charge in [-0.3, -0.25) is 0 Å². The number of nitrogens with one attached hydrogen (secondary N) is 1. The number of fused-ring (bicyclic) bond motifs is 1. The van der Waals surface area contributed by atoms with Gasteiger partial charge in [0, 0.05) is 28.9 Å². The molecule has 4 rings (SSSR count). The zero-order valence-corrected chi connectivity index (χ0v) is 16.4. The number of halogens is 1. The third-order valence-electron chi connectivity index (χ3n) is 4.20. The van der Waals surface area contributed by atoms with Crippen LogP contribution in [0.25, 0.3) is 26.3 Å². The van der Waals surface area contributed by atoms with E-state index in [-0.39, 0.29) is 0 Å². The Morgan fingerprint density at radius 2 is 2.07 bits per heavy atom. The lowest BCUT2D eigenvalue weighted by Gasteiger charge is -2.11. The number of rotatable bonds is 5. The van der Waals surface area contributed by atoms with Crippen LogP contribution in [0.15, 0.2) is 48.0 Å². The molecule has 0 atom stereocenters. The maximum atomic E-state index is 7.31. The molecule has 0 saturated heterocycles. The van der Waals surface area contributed by atoms with E-state index in [2.05, 4.69) is 25.3 Å². The molecule has 2 aromatic heterocycles. The van der Waals surface area contributed by atoms with Gasteiger partial charge in [0.15, 0.2) is 11.5 Å². The largest absolute Gasteiger partial charge is 0.495 e. The van der Waals surface area contributed by atoms with Crippen molar-refractivity contribution < 1.29 is 4.74 Å². The van der Waals surface area contributed by atoms with Gasteiger partial charge in [-0.1, -0.05) is 29.8 Å². The lowest BCUT2D eigenvalue weighted by molar-refractivity contribution is 0.415. The number of ether oxygens (including phenoxy) is 1. The second kappa shape index (κ2) is 7.80. The molecule has 0 bridgehead atoms. The Kier molecular flexibility index (Phi) is 5.06. The lowest BCUT2D eigenvalue weighted by Crippen LogP contribution is -2.04. The van der Waals surface area contributed by atoms with Crippen LogP contribution >= 0.6 is 22.9 Å². The van der Waals surface area contributed by atoms with Crippen molar-refractivity contribution in [1.82, 2.24) is 15.2 Å². The van der Waals surface area contributed by atoms with Gasteiger partial charge in [0.2, 0.25) is 0 Å². The van der Waals surface area contributed by atoms with Gasteiger partial charge < -0.3 is 10.1 Å². The van der Waals surface area contributed by atoms with Crippen LogP contribution in [0.3, 0.4) is 0 Å². The van der Waals surface area contributed by atoms with Gasteiger partial charge in [-0.25, -0.2) is 9.83 Å². The summed E-state index contributed by atoms with van der Waals surface area (Å²) in [5, 5.41) is 17.0. The first-order valence-corrected chi connectivity index (χ1v) is 9.59. The molecule has 0 radical (unpaired) electrons. The highest BCUT2D eigenvalue weighted by Gasteiger charge is 2.13. The van der Waals surface area contributed by atoms with Gasteiger partial charge in [0.05, 0.1) is 18.7 Å². The molecule has 8 heteroatoms. The van der Waals surface area contributed by atoms with Crippen molar-refractivity contribution >= 4 is 45.2 Å². The van der Waals surface area contributed by atoms with Gasteiger partial charge in [-0.2, -0.15) is 0 Å². The van der Waals surface area contributed by atoms with Crippen molar-refractivity contribution in [2.75, 3.05) is 12.4 Å². The Morgan fingerprint density at radius 1 is 1.18 bits per heavy atom. The van der Waals surface area contributed by atoms with E-state index in [1.54, 1.807) is 19.4 Å². The van der Waals surface area contributed by atoms with Crippen LogP contribution in [0.2, 0.25) is 5.02 Å². The monoisotopic (exact) mass is 407 g/mol. The summed E-state index contributed by atoms with van der Waals surface area (Å²) in [4.78, 5) is 7.87. The van der Waals surface area contributed by atoms with Crippen LogP contribution in [0.4, 0.5) is 11.5 Å². The molecule has 0 aliphatic carbocycles. The average Bonchev–Trinajstić information content (AvgIpc) is 3.26. The molecular formula is C20H14ClN5OS. The summed E-state index contributed by atoms with van der Waals surface area (Å²) >= 11 is 7.70. The number of methoxy groups -OCH3 is 1. The van der Waals surface area contributed by atoms with E-state index in [0.29, 0.717) is 34.5 Å². The van der Waals surface area contributed by atoms with E-state index < -0.39 is 0 Å². The Hall–Kier alpha value is -3.21. The second-order valence-electron chi connectivity index (χ2n) is 5.90. The van der Waals surface area contributed by atoms with Crippen LogP contribution in [-0.4, -0.2) is 22.3 Å². The van der Waals surface area contributed by atoms with E-state index >= 15 is 0 Å². The van der Waals surface area contributed by atoms with Gasteiger partial charge in [-0.05, 0) is 23.8 Å². The van der Waals surface area contributed by atoms with Crippen molar-refractivity contribution in [1.29, 1.82) is 0 Å². The van der Waals surface area contributed by atoms with Crippen LogP contribution in [0, 0.1) is 6.57 Å². The molecular weight excluding hydrogens is 394 g/mol. The highest BCUT2D eigenvalue weighted by atomic mass is 35.5. The van der Waals surface area contributed by atoms with Crippen LogP contribution in [0.5, 0.6) is 5.75 Å². The molecule has 2 heterocycles. The summed E-state index contributed by atoms with van der Waals surface area (Å²) in [5.74, 6) is 1.23. The standard InChI is InChI=1S/C20H14ClN5OS/c1-22-13-4-5-14-15(10-13)19(26-25-18(14)20-23-7-8-28-20)24-11-12-3-6-17(27-2)16(21)9-12/h3-10H,11H2,2H3,(H,24,26). The number of aromatic nitrogens is 3. The number of hydrogen-bond acceptors (Lipinski definition) is 6. The van der Waals surface area contributed by atoms with Crippen LogP contribution in [0.1, 0.15) is 5.56 Å². The maximum absolute atomic E-state index is 7.31. The molecule has 6 nitrogen and oxygen atoms in total. The third kappa shape index (κ3) is 3.48. The molecule has 0 unspecified atom stereocenters. The van der Waals surface area contributed by atoms with Gasteiger partial charge in [0.1, 0.15) is 16.5 Å². The average molecular weight is 408 g/mol. The van der Waals surface area contributed by atoms with Crippen LogP contribution in [-0.2, 0) is 6.54 Å². The quantitative estimate of drug-likeness (QED) is 0.437. The second-order valence-corrected chi connectivity index (χ2v) is 7.20. The summed E-state index contributed by atoms with van der Waals surface area (Å²) in [6.07, 6.45) is 1.74. The fourth-order valence-corrected chi connectivity index (χ4v) is 3.76. The normalized spacial score (nSPS) is 10.6. The fraction of sp³-hybridized carbons (Fsp3) is 0.100. The van der Waals surface area contributed by atoms with E-state index in [4.69, 9.17) is 22.9 Å². The van der Waals surface area contributed by atoms with Gasteiger partial charge in [0.25, 0.3) is 0 Å². The molecule has 0 saturated carbocycles. The highest BCUT2D eigenvalue weighted by Crippen LogP contribution is 2.33. The number of benzene rings is 2. The number of nitrogens with zero attached hydrogens (tertiary/aromatic N) is 4. The van der Waals surface area contributed by atoms with Crippen molar-refractivity contribution in [3.63, 3.8) is 0 Å². The first-order chi connectivity index (χ1) is 13.7. The molecule has 0 aliphatic rings. The molecule has 2 aromatic carbocycles. The number of anilines is 1. The Bertz CT molecular complexity index is 1190. The minimum absolute atomic E-state index is 0.506. The molecule has 0 fully saturated rings. The Morgan fingerprint density at radius 3 is 2.79 bits per heavy atom. The van der Waals surface area contributed by atoms with Gasteiger partial charge >= 0.3 is 0 Å². The highest BCUT2D eigenvalue weighted by molar-refractivity contribution is 7.13. The van der Waals surface area contributed by atoms with Crippen LogP contribution < -0.4 is 10.1 Å². The van der Waals surface area contributed by atoms with E-state index in [1.165, 1.54) is 11.3 Å². The predicted molar refractivity (Wildman–Crippen MR) is 112 cm³/mol. The first kappa shape index (κ1) is 18.2. The molecule has 0 amide bonds. The minimum atomic E-state index is 0.506. The van der Waals surface area contributed by atoms with E-state index in [9.17, 15) is 0 Å². The molecule has 4 aromatic rings. The number of hydrogen-bond donors (Lipinski definition) is 1. The summed E-state index contributed by atoms with van der Waals surface area (Å²) in [7, 11) is 1.58. The minimum Gasteiger partial charge on any atom is -0.495 e. The number of thiazole rings is 1. The summed E-state index contributed by atoms with van der Waals surface area (Å²) < 4.78 is 5.19. The molecule has 138 valence electrons. The van der Waals surface area contributed by atoms with Crippen molar-refractivity contribution in [3.05, 3.63) is 70.0 Å². The lowest BCUT2D eigenvalue weighted by atomic mass is 10.1. The predicted octanol–water partition coefficient (Wildman–Crippen LogP) is 5.58. The fourth-order valence-electron chi connectivity index (χ4n) is 2.85. The molecule has 28 heavy (non-hydrogen) atoms. The molecule has 1 N–H and O–H groups in total. The summed E-state index contributed by atoms with van der Waals surface area (Å²) in [6.45, 7) is 7.82. The summed E-state index contributed by atoms with van der Waals surface area (Å²) in [5.41, 5.74) is 2.23. The SMILES string of the molecule is [C-]#[N+]c1ccc2c(-c3nccs3)nnc(NCc3ccc(OC)c(Cl)c3)c2c1. The van der Waals surface area contributed by atoms with Crippen molar-refractivity contribution in [2.24, 2.45) is 0 Å². The molecule has 0 spiro atoms. The summed E-state index contributed by atoms with van der Waals surface area (Å²) in [6, 6.07) is 11.1. The first-order valence-electron chi connectivity index (χ1n) is 8.33.